The van der Waals surface area contributed by atoms with Gasteiger partial charge in [-0.05, 0) is 24.3 Å². The number of ether oxygens (including phenoxy) is 1. The van der Waals surface area contributed by atoms with Crippen LogP contribution in [0.2, 0.25) is 0 Å². The van der Waals surface area contributed by atoms with E-state index in [-0.39, 0.29) is 36.2 Å². The first-order valence-electron chi connectivity index (χ1n) is 10.6. The highest BCUT2D eigenvalue weighted by molar-refractivity contribution is 5.93. The summed E-state index contributed by atoms with van der Waals surface area (Å²) in [6.45, 7) is 2.18. The lowest BCUT2D eigenvalue weighted by Gasteiger charge is -2.14. The van der Waals surface area contributed by atoms with Crippen molar-refractivity contribution in [2.75, 3.05) is 24.5 Å². The Morgan fingerprint density at radius 2 is 2.09 bits per heavy atom. The zero-order valence-electron chi connectivity index (χ0n) is 18.4. The third kappa shape index (κ3) is 5.37. The maximum atomic E-state index is 14.9. The van der Waals surface area contributed by atoms with Crippen molar-refractivity contribution < 1.29 is 23.5 Å². The lowest BCUT2D eigenvalue weighted by atomic mass is 10.1. The van der Waals surface area contributed by atoms with E-state index in [2.05, 4.69) is 25.6 Å². The Hall–Kier alpha value is -4.28. The molecule has 1 fully saturated rings. The first kappa shape index (κ1) is 22.9. The van der Waals surface area contributed by atoms with Crippen LogP contribution < -0.4 is 15.5 Å². The van der Waals surface area contributed by atoms with Gasteiger partial charge in [-0.15, -0.1) is 0 Å². The number of rotatable bonds is 8. The molecule has 4 rings (SSSR count). The fourth-order valence-corrected chi connectivity index (χ4v) is 3.51. The van der Waals surface area contributed by atoms with Crippen molar-refractivity contribution in [2.45, 2.75) is 19.4 Å². The number of benzene rings is 1. The Morgan fingerprint density at radius 1 is 1.24 bits per heavy atom. The first-order valence-corrected chi connectivity index (χ1v) is 10.6. The molecular formula is C23H23FN6O4. The zero-order valence-corrected chi connectivity index (χ0v) is 18.4. The van der Waals surface area contributed by atoms with Crippen molar-refractivity contribution in [1.82, 2.24) is 25.6 Å². The van der Waals surface area contributed by atoms with E-state index in [0.29, 0.717) is 24.2 Å². The highest BCUT2D eigenvalue weighted by Gasteiger charge is 2.32. The summed E-state index contributed by atoms with van der Waals surface area (Å²) in [6.07, 6.45) is 4.18. The molecule has 1 aliphatic rings. The molecule has 1 aromatic carbocycles. The van der Waals surface area contributed by atoms with Gasteiger partial charge in [0, 0.05) is 49.1 Å². The summed E-state index contributed by atoms with van der Waals surface area (Å²) >= 11 is 0. The van der Waals surface area contributed by atoms with Crippen molar-refractivity contribution in [3.8, 4) is 11.1 Å². The molecule has 1 saturated heterocycles. The number of nitrogens with zero attached hydrogens (tertiary/aromatic N) is 3. The Kier molecular flexibility index (Phi) is 6.81. The molecular weight excluding hydrogens is 443 g/mol. The summed E-state index contributed by atoms with van der Waals surface area (Å²) in [5.74, 6) is -1.10. The molecule has 1 unspecified atom stereocenters. The molecule has 0 saturated carbocycles. The van der Waals surface area contributed by atoms with Gasteiger partial charge in [0.2, 0.25) is 5.91 Å². The van der Waals surface area contributed by atoms with Crippen LogP contribution in [0.25, 0.3) is 11.1 Å². The maximum absolute atomic E-state index is 14.9. The molecule has 34 heavy (non-hydrogen) atoms. The Morgan fingerprint density at radius 3 is 2.76 bits per heavy atom. The minimum Gasteiger partial charge on any atom is -0.442 e. The monoisotopic (exact) mass is 466 g/mol. The lowest BCUT2D eigenvalue weighted by molar-refractivity contribution is -0.119. The number of aromatic amines is 1. The SMILES string of the molecule is CC(=O)NCC1CN(c2ccc(-c3ccc(C(=O)NCCc4cnc[nH]4)nc3)c(F)c2)C(=O)O1. The predicted molar refractivity (Wildman–Crippen MR) is 121 cm³/mol. The molecule has 11 heteroatoms. The van der Waals surface area contributed by atoms with Gasteiger partial charge >= 0.3 is 6.09 Å². The molecule has 1 atom stereocenters. The number of cyclic esters (lactones) is 1. The second-order valence-corrected chi connectivity index (χ2v) is 7.73. The maximum Gasteiger partial charge on any atom is 0.414 e. The molecule has 176 valence electrons. The summed E-state index contributed by atoms with van der Waals surface area (Å²) in [5, 5.41) is 5.37. The predicted octanol–water partition coefficient (Wildman–Crippen LogP) is 2.04. The fraction of sp³-hybridized carbons (Fsp3) is 0.261. The standard InChI is InChI=1S/C23H23FN6O4/c1-14(31)27-11-18-12-30(23(33)34-18)17-3-4-19(20(24)8-17)15-2-5-21(28-9-15)22(32)26-7-6-16-10-25-13-29-16/h2-5,8-10,13,18H,6-7,11-12H2,1H3,(H,25,29)(H,26,32)(H,27,31). The van der Waals surface area contributed by atoms with Crippen LogP contribution >= 0.6 is 0 Å². The van der Waals surface area contributed by atoms with Crippen LogP contribution in [0.15, 0.2) is 49.1 Å². The normalized spacial score (nSPS) is 15.2. The van der Waals surface area contributed by atoms with E-state index >= 15 is 0 Å². The summed E-state index contributed by atoms with van der Waals surface area (Å²) in [4.78, 5) is 47.8. The Balaban J connectivity index is 1.38. The van der Waals surface area contributed by atoms with Crippen LogP contribution in [0.1, 0.15) is 23.1 Å². The van der Waals surface area contributed by atoms with Crippen LogP contribution in [0, 0.1) is 5.82 Å². The molecule has 3 amide bonds. The van der Waals surface area contributed by atoms with Crippen LogP contribution in [0.4, 0.5) is 14.9 Å². The van der Waals surface area contributed by atoms with Gasteiger partial charge in [-0.25, -0.2) is 14.2 Å². The quantitative estimate of drug-likeness (QED) is 0.466. The van der Waals surface area contributed by atoms with Gasteiger partial charge in [-0.1, -0.05) is 6.07 Å². The summed E-state index contributed by atoms with van der Waals surface area (Å²) in [7, 11) is 0. The van der Waals surface area contributed by atoms with Gasteiger partial charge in [-0.3, -0.25) is 19.5 Å². The second-order valence-electron chi connectivity index (χ2n) is 7.73. The van der Waals surface area contributed by atoms with Crippen molar-refractivity contribution in [1.29, 1.82) is 0 Å². The van der Waals surface area contributed by atoms with Crippen LogP contribution in [-0.2, 0) is 16.0 Å². The molecule has 0 radical (unpaired) electrons. The topological polar surface area (TPSA) is 129 Å². The number of nitrogens with one attached hydrogen (secondary N) is 3. The summed E-state index contributed by atoms with van der Waals surface area (Å²) in [6, 6.07) is 7.53. The first-order chi connectivity index (χ1) is 16.4. The minimum absolute atomic E-state index is 0.187. The minimum atomic E-state index is -0.605. The number of imidazole rings is 1. The van der Waals surface area contributed by atoms with Gasteiger partial charge in [0.1, 0.15) is 17.6 Å². The summed E-state index contributed by atoms with van der Waals surface area (Å²) < 4.78 is 20.1. The van der Waals surface area contributed by atoms with Gasteiger partial charge in [0.05, 0.1) is 25.1 Å². The van der Waals surface area contributed by atoms with E-state index in [9.17, 15) is 18.8 Å². The molecule has 3 aromatic rings. The average Bonchev–Trinajstić information content (AvgIpc) is 3.47. The van der Waals surface area contributed by atoms with Crippen LogP contribution in [0.5, 0.6) is 0 Å². The number of carbonyl (C=O) groups is 3. The van der Waals surface area contributed by atoms with Gasteiger partial charge < -0.3 is 20.4 Å². The number of hydrogen-bond donors (Lipinski definition) is 3. The van der Waals surface area contributed by atoms with E-state index in [1.165, 1.54) is 30.2 Å². The van der Waals surface area contributed by atoms with Crippen molar-refractivity contribution in [2.24, 2.45) is 0 Å². The number of pyridine rings is 1. The third-order valence-electron chi connectivity index (χ3n) is 5.26. The molecule has 10 nitrogen and oxygen atoms in total. The van der Waals surface area contributed by atoms with E-state index in [0.717, 1.165) is 5.69 Å². The number of H-pyrrole nitrogens is 1. The van der Waals surface area contributed by atoms with E-state index < -0.39 is 18.0 Å². The molecule has 2 aromatic heterocycles. The highest BCUT2D eigenvalue weighted by atomic mass is 19.1. The van der Waals surface area contributed by atoms with Gasteiger partial charge in [0.25, 0.3) is 5.91 Å². The van der Waals surface area contributed by atoms with Gasteiger partial charge in [-0.2, -0.15) is 0 Å². The molecule has 3 N–H and O–H groups in total. The Labute approximate surface area is 194 Å². The van der Waals surface area contributed by atoms with Crippen LogP contribution in [0.3, 0.4) is 0 Å². The fourth-order valence-electron chi connectivity index (χ4n) is 3.51. The molecule has 3 heterocycles. The molecule has 1 aliphatic heterocycles. The molecule has 0 bridgehead atoms. The summed E-state index contributed by atoms with van der Waals surface area (Å²) in [5.41, 5.74) is 2.25. The van der Waals surface area contributed by atoms with E-state index in [1.807, 2.05) is 0 Å². The number of anilines is 1. The highest BCUT2D eigenvalue weighted by Crippen LogP contribution is 2.28. The number of carbonyl (C=O) groups excluding carboxylic acids is 3. The third-order valence-corrected chi connectivity index (χ3v) is 5.26. The van der Waals surface area contributed by atoms with Crippen molar-refractivity contribution >= 4 is 23.6 Å². The number of aromatic nitrogens is 3. The number of amides is 3. The smallest absolute Gasteiger partial charge is 0.414 e. The van der Waals surface area contributed by atoms with Crippen LogP contribution in [-0.4, -0.2) is 58.6 Å². The number of hydrogen-bond acceptors (Lipinski definition) is 6. The van der Waals surface area contributed by atoms with E-state index in [4.69, 9.17) is 4.74 Å². The van der Waals surface area contributed by atoms with E-state index in [1.54, 1.807) is 30.7 Å². The number of halogens is 1. The largest absolute Gasteiger partial charge is 0.442 e. The lowest BCUT2D eigenvalue weighted by Crippen LogP contribution is -2.33. The average molecular weight is 466 g/mol. The van der Waals surface area contributed by atoms with Crippen molar-refractivity contribution in [3.05, 3.63) is 66.3 Å². The molecule has 0 aliphatic carbocycles. The Bertz CT molecular complexity index is 1180. The van der Waals surface area contributed by atoms with Crippen molar-refractivity contribution in [3.63, 3.8) is 0 Å². The zero-order chi connectivity index (χ0) is 24.1. The second kappa shape index (κ2) is 10.1. The molecule has 0 spiro atoms. The van der Waals surface area contributed by atoms with Gasteiger partial charge in [0.15, 0.2) is 0 Å².